The molecule has 0 aliphatic carbocycles. The van der Waals surface area contributed by atoms with Crippen LogP contribution >= 0.6 is 0 Å². The van der Waals surface area contributed by atoms with Gasteiger partial charge in [-0.05, 0) is 17.7 Å². The summed E-state index contributed by atoms with van der Waals surface area (Å²) in [6.45, 7) is 4.08. The summed E-state index contributed by atoms with van der Waals surface area (Å²) in [4.78, 5) is 10.6. The van der Waals surface area contributed by atoms with Crippen molar-refractivity contribution in [3.63, 3.8) is 0 Å². The van der Waals surface area contributed by atoms with Gasteiger partial charge in [0.2, 0.25) is 0 Å². The number of carbonyl (C=O) groups excluding carboxylic acids is 1. The van der Waals surface area contributed by atoms with Crippen molar-refractivity contribution in [3.8, 4) is 11.8 Å². The highest BCUT2D eigenvalue weighted by Gasteiger charge is 2.06. The molecule has 0 aromatic heterocycles. The Morgan fingerprint density at radius 2 is 1.95 bits per heavy atom. The normalized spacial score (nSPS) is 9.55. The Kier molecular flexibility index (Phi) is 4.31. The van der Waals surface area contributed by atoms with Crippen LogP contribution in [0.25, 0.3) is 6.08 Å². The van der Waals surface area contributed by atoms with E-state index in [0.717, 1.165) is 11.8 Å². The van der Waals surface area contributed by atoms with Gasteiger partial charge in [0.15, 0.2) is 0 Å². The zero-order valence-corrected chi connectivity index (χ0v) is 10.9. The molecular formula is C17H13NO2. The van der Waals surface area contributed by atoms with Crippen molar-refractivity contribution >= 4 is 12.4 Å². The van der Waals surface area contributed by atoms with E-state index in [9.17, 15) is 4.79 Å². The molecule has 0 atom stereocenters. The van der Waals surface area contributed by atoms with Gasteiger partial charge in [0.25, 0.3) is 0 Å². The van der Waals surface area contributed by atoms with Crippen LogP contribution in [0.15, 0.2) is 49.0 Å². The Hall–Kier alpha value is -2.86. The molecule has 3 nitrogen and oxygen atoms in total. The molecule has 3 heteroatoms. The maximum atomic E-state index is 10.6. The van der Waals surface area contributed by atoms with Crippen molar-refractivity contribution in [3.05, 3.63) is 71.3 Å². The lowest BCUT2D eigenvalue weighted by molar-refractivity contribution is 0.112. The van der Waals surface area contributed by atoms with Gasteiger partial charge in [-0.1, -0.05) is 43.0 Å². The molecule has 0 spiro atoms. The van der Waals surface area contributed by atoms with Crippen LogP contribution in [0.2, 0.25) is 0 Å². The second kappa shape index (κ2) is 6.35. The molecule has 0 heterocycles. The van der Waals surface area contributed by atoms with Crippen LogP contribution in [0.3, 0.4) is 0 Å². The molecule has 0 aliphatic heterocycles. The lowest BCUT2D eigenvalue weighted by Crippen LogP contribution is -1.98. The first-order chi connectivity index (χ1) is 9.78. The lowest BCUT2D eigenvalue weighted by Gasteiger charge is -2.10. The molecule has 20 heavy (non-hydrogen) atoms. The van der Waals surface area contributed by atoms with Gasteiger partial charge < -0.3 is 4.74 Å². The summed E-state index contributed by atoms with van der Waals surface area (Å²) in [6.07, 6.45) is 2.42. The smallest absolute Gasteiger partial charge is 0.150 e. The predicted octanol–water partition coefficient (Wildman–Crippen LogP) is 3.59. The highest BCUT2D eigenvalue weighted by atomic mass is 16.5. The molecule has 2 aromatic rings. The first-order valence-corrected chi connectivity index (χ1v) is 6.11. The third-order valence-corrected chi connectivity index (χ3v) is 2.90. The van der Waals surface area contributed by atoms with Gasteiger partial charge in [-0.25, -0.2) is 0 Å². The largest absolute Gasteiger partial charge is 0.488 e. The number of ether oxygens (including phenoxy) is 1. The monoisotopic (exact) mass is 263 g/mol. The Bertz CT molecular complexity index is 666. The minimum absolute atomic E-state index is 0.370. The Balaban J connectivity index is 2.16. The molecule has 0 saturated carbocycles. The van der Waals surface area contributed by atoms with Crippen LogP contribution in [0.1, 0.15) is 27.0 Å². The third kappa shape index (κ3) is 2.93. The Morgan fingerprint density at radius 3 is 2.55 bits per heavy atom. The van der Waals surface area contributed by atoms with Crippen molar-refractivity contribution in [2.75, 3.05) is 0 Å². The fraction of sp³-hybridized carbons (Fsp3) is 0.0588. The molecule has 2 rings (SSSR count). The van der Waals surface area contributed by atoms with E-state index >= 15 is 0 Å². The number of aldehydes is 1. The van der Waals surface area contributed by atoms with Gasteiger partial charge in [-0.15, -0.1) is 0 Å². The Labute approximate surface area is 117 Å². The highest BCUT2D eigenvalue weighted by Crippen LogP contribution is 2.24. The van der Waals surface area contributed by atoms with E-state index in [-0.39, 0.29) is 0 Å². The van der Waals surface area contributed by atoms with E-state index in [1.54, 1.807) is 36.4 Å². The number of hydrogen-bond acceptors (Lipinski definition) is 3. The van der Waals surface area contributed by atoms with E-state index in [1.807, 2.05) is 12.1 Å². The summed E-state index contributed by atoms with van der Waals surface area (Å²) < 4.78 is 5.72. The number of carbonyl (C=O) groups is 1. The van der Waals surface area contributed by atoms with E-state index in [0.29, 0.717) is 29.0 Å². The molecule has 0 radical (unpaired) electrons. The molecule has 98 valence electrons. The fourth-order valence-electron chi connectivity index (χ4n) is 1.83. The van der Waals surface area contributed by atoms with Gasteiger partial charge in [-0.3, -0.25) is 4.79 Å². The first-order valence-electron chi connectivity index (χ1n) is 6.11. The van der Waals surface area contributed by atoms with E-state index in [1.165, 1.54) is 0 Å². The lowest BCUT2D eigenvalue weighted by atomic mass is 10.1. The minimum Gasteiger partial charge on any atom is -0.488 e. The second-order valence-corrected chi connectivity index (χ2v) is 4.18. The van der Waals surface area contributed by atoms with Gasteiger partial charge in [0, 0.05) is 11.1 Å². The minimum atomic E-state index is 0.370. The average Bonchev–Trinajstić information content (AvgIpc) is 2.52. The molecule has 0 N–H and O–H groups in total. The van der Waals surface area contributed by atoms with Gasteiger partial charge >= 0.3 is 0 Å². The summed E-state index contributed by atoms with van der Waals surface area (Å²) in [5.74, 6) is 0.624. The van der Waals surface area contributed by atoms with Crippen LogP contribution < -0.4 is 4.74 Å². The van der Waals surface area contributed by atoms with Crippen LogP contribution in [-0.2, 0) is 6.61 Å². The van der Waals surface area contributed by atoms with E-state index in [2.05, 4.69) is 12.6 Å². The Morgan fingerprint density at radius 1 is 1.20 bits per heavy atom. The maximum Gasteiger partial charge on any atom is 0.150 e. The predicted molar refractivity (Wildman–Crippen MR) is 77.4 cm³/mol. The van der Waals surface area contributed by atoms with Gasteiger partial charge in [0.05, 0.1) is 11.6 Å². The first kappa shape index (κ1) is 13.6. The molecule has 0 aliphatic rings. The zero-order chi connectivity index (χ0) is 14.4. The summed E-state index contributed by atoms with van der Waals surface area (Å²) in [7, 11) is 0. The van der Waals surface area contributed by atoms with Crippen molar-refractivity contribution < 1.29 is 9.53 Å². The van der Waals surface area contributed by atoms with Crippen molar-refractivity contribution in [2.45, 2.75) is 6.61 Å². The third-order valence-electron chi connectivity index (χ3n) is 2.90. The number of rotatable bonds is 5. The zero-order valence-electron chi connectivity index (χ0n) is 10.9. The summed E-state index contributed by atoms with van der Waals surface area (Å²) in [5, 5.41) is 9.03. The number of nitrogens with zero attached hydrogens (tertiary/aromatic N) is 1. The van der Waals surface area contributed by atoms with Crippen molar-refractivity contribution in [1.29, 1.82) is 5.26 Å². The van der Waals surface area contributed by atoms with Crippen molar-refractivity contribution in [2.24, 2.45) is 0 Å². The molecule has 0 amide bonds. The number of hydrogen-bond donors (Lipinski definition) is 0. The topological polar surface area (TPSA) is 50.1 Å². The van der Waals surface area contributed by atoms with Crippen molar-refractivity contribution in [1.82, 2.24) is 0 Å². The fourth-order valence-corrected chi connectivity index (χ4v) is 1.83. The average molecular weight is 263 g/mol. The van der Waals surface area contributed by atoms with Crippen LogP contribution in [0, 0.1) is 11.3 Å². The molecule has 0 bridgehead atoms. The second-order valence-electron chi connectivity index (χ2n) is 4.18. The summed E-state index contributed by atoms with van der Waals surface area (Å²) >= 11 is 0. The molecular weight excluding hydrogens is 250 g/mol. The molecule has 0 saturated heterocycles. The van der Waals surface area contributed by atoms with Gasteiger partial charge in [-0.2, -0.15) is 5.26 Å². The molecule has 2 aromatic carbocycles. The summed E-state index contributed by atoms with van der Waals surface area (Å²) in [6, 6.07) is 14.6. The van der Waals surface area contributed by atoms with Gasteiger partial charge in [0.1, 0.15) is 18.6 Å². The molecule has 0 unspecified atom stereocenters. The van der Waals surface area contributed by atoms with E-state index in [4.69, 9.17) is 10.00 Å². The maximum absolute atomic E-state index is 10.6. The SMILES string of the molecule is C=Cc1c(C#N)cccc1OCc1ccc(C=O)cc1. The number of benzene rings is 2. The standard InChI is InChI=1S/C17H13NO2/c1-2-16-15(10-18)4-3-5-17(16)20-12-14-8-6-13(11-19)7-9-14/h2-9,11H,1,12H2. The number of nitriles is 1. The van der Waals surface area contributed by atoms with Crippen LogP contribution in [0.4, 0.5) is 0 Å². The van der Waals surface area contributed by atoms with E-state index < -0.39 is 0 Å². The molecule has 0 fully saturated rings. The van der Waals surface area contributed by atoms with Crippen LogP contribution in [-0.4, -0.2) is 6.29 Å². The highest BCUT2D eigenvalue weighted by molar-refractivity contribution is 5.74. The quantitative estimate of drug-likeness (QED) is 0.774. The summed E-state index contributed by atoms with van der Waals surface area (Å²) in [5.41, 5.74) is 2.81. The van der Waals surface area contributed by atoms with Crippen LogP contribution in [0.5, 0.6) is 5.75 Å².